The number of carboxylic acid groups (broad SMARTS) is 2. The summed E-state index contributed by atoms with van der Waals surface area (Å²) in [5.74, 6) is -4.94. The third kappa shape index (κ3) is 12.5. The summed E-state index contributed by atoms with van der Waals surface area (Å²) in [5, 5.41) is 25.7. The highest BCUT2D eigenvalue weighted by Gasteiger charge is 2.30. The molecule has 1 aromatic rings. The lowest BCUT2D eigenvalue weighted by molar-refractivity contribution is -0.142. The molecular formula is C24H35N5O8S. The zero-order valence-corrected chi connectivity index (χ0v) is 21.9. The standard InChI is InChI=1S/C24H35N5O8S/c1-38-12-11-16(27-21(33)15(25)7-10-20(31)32)22(34)29-18(13-14-5-3-2-4-6-14)23(35)28-17(24(36)37)8-9-19(26)30/h2-6,15-18H,7-13,25H2,1H3,(H2,26,30)(H,27,33)(H,28,35)(H,29,34)(H,31,32)(H,36,37)/t15-,16-,17-,18-/m0/s1. The fraction of sp³-hybridized carbons (Fsp3) is 0.500. The van der Waals surface area contributed by atoms with Crippen molar-refractivity contribution in [3.05, 3.63) is 35.9 Å². The highest BCUT2D eigenvalue weighted by molar-refractivity contribution is 7.98. The Morgan fingerprint density at radius 1 is 0.816 bits per heavy atom. The van der Waals surface area contributed by atoms with Gasteiger partial charge in [0.2, 0.25) is 23.6 Å². The fourth-order valence-electron chi connectivity index (χ4n) is 3.34. The van der Waals surface area contributed by atoms with E-state index in [0.717, 1.165) is 0 Å². The van der Waals surface area contributed by atoms with Gasteiger partial charge in [0.05, 0.1) is 6.04 Å². The van der Waals surface area contributed by atoms with Gasteiger partial charge in [0.15, 0.2) is 0 Å². The normalized spacial score (nSPS) is 13.8. The van der Waals surface area contributed by atoms with Gasteiger partial charge >= 0.3 is 11.9 Å². The summed E-state index contributed by atoms with van der Waals surface area (Å²) in [7, 11) is 0. The first kappa shape index (κ1) is 32.4. The SMILES string of the molecule is CSCC[C@H](NC(=O)[C@@H](N)CCC(=O)O)C(=O)N[C@@H](Cc1ccccc1)C(=O)N[C@@H](CCC(N)=O)C(=O)O. The second-order valence-corrected chi connectivity index (χ2v) is 9.52. The highest BCUT2D eigenvalue weighted by atomic mass is 32.2. The largest absolute Gasteiger partial charge is 0.481 e. The molecule has 0 bridgehead atoms. The topological polar surface area (TPSA) is 231 Å². The first-order valence-electron chi connectivity index (χ1n) is 11.9. The Bertz CT molecular complexity index is 978. The quantitative estimate of drug-likeness (QED) is 0.117. The fourth-order valence-corrected chi connectivity index (χ4v) is 3.81. The minimum atomic E-state index is -1.41. The van der Waals surface area contributed by atoms with Crippen LogP contribution in [0.15, 0.2) is 30.3 Å². The molecule has 0 radical (unpaired) electrons. The van der Waals surface area contributed by atoms with Gasteiger partial charge in [-0.25, -0.2) is 4.79 Å². The predicted molar refractivity (Wildman–Crippen MR) is 140 cm³/mol. The van der Waals surface area contributed by atoms with E-state index in [0.29, 0.717) is 11.3 Å². The van der Waals surface area contributed by atoms with E-state index in [4.69, 9.17) is 16.6 Å². The number of primary amides is 1. The molecule has 0 fully saturated rings. The Kier molecular flexibility index (Phi) is 14.5. The average Bonchev–Trinajstić information content (AvgIpc) is 2.86. The van der Waals surface area contributed by atoms with Crippen molar-refractivity contribution < 1.29 is 39.0 Å². The van der Waals surface area contributed by atoms with Gasteiger partial charge in [-0.05, 0) is 36.8 Å². The van der Waals surface area contributed by atoms with E-state index < -0.39 is 59.7 Å². The molecule has 4 amide bonds. The third-order valence-corrected chi connectivity index (χ3v) is 6.10. The van der Waals surface area contributed by atoms with Crippen molar-refractivity contribution >= 4 is 47.3 Å². The van der Waals surface area contributed by atoms with Crippen LogP contribution in [0.4, 0.5) is 0 Å². The number of hydrogen-bond donors (Lipinski definition) is 7. The van der Waals surface area contributed by atoms with Gasteiger partial charge in [-0.1, -0.05) is 30.3 Å². The van der Waals surface area contributed by atoms with Crippen LogP contribution in [0.5, 0.6) is 0 Å². The van der Waals surface area contributed by atoms with Gasteiger partial charge in [-0.15, -0.1) is 0 Å². The predicted octanol–water partition coefficient (Wildman–Crippen LogP) is -1.02. The molecule has 1 rings (SSSR count). The van der Waals surface area contributed by atoms with E-state index in [1.807, 2.05) is 0 Å². The summed E-state index contributed by atoms with van der Waals surface area (Å²) in [5.41, 5.74) is 11.5. The molecule has 0 aliphatic heterocycles. The Hall–Kier alpha value is -3.65. The van der Waals surface area contributed by atoms with Crippen LogP contribution in [-0.4, -0.2) is 82.0 Å². The van der Waals surface area contributed by atoms with Crippen LogP contribution in [0.2, 0.25) is 0 Å². The summed E-state index contributed by atoms with van der Waals surface area (Å²) >= 11 is 1.42. The Morgan fingerprint density at radius 2 is 1.39 bits per heavy atom. The zero-order valence-electron chi connectivity index (χ0n) is 21.1. The number of rotatable bonds is 18. The number of thioether (sulfide) groups is 1. The molecule has 0 spiro atoms. The Morgan fingerprint density at radius 3 is 1.95 bits per heavy atom. The monoisotopic (exact) mass is 553 g/mol. The number of aliphatic carboxylic acids is 2. The van der Waals surface area contributed by atoms with Gasteiger partial charge in [-0.3, -0.25) is 24.0 Å². The van der Waals surface area contributed by atoms with Crippen LogP contribution in [0.25, 0.3) is 0 Å². The molecule has 0 aromatic heterocycles. The average molecular weight is 554 g/mol. The van der Waals surface area contributed by atoms with Gasteiger partial charge in [0.25, 0.3) is 0 Å². The van der Waals surface area contributed by atoms with Crippen LogP contribution in [0, 0.1) is 0 Å². The van der Waals surface area contributed by atoms with Gasteiger partial charge in [-0.2, -0.15) is 11.8 Å². The minimum Gasteiger partial charge on any atom is -0.481 e. The lowest BCUT2D eigenvalue weighted by atomic mass is 10.0. The van der Waals surface area contributed by atoms with Crippen molar-refractivity contribution in [3.8, 4) is 0 Å². The summed E-state index contributed by atoms with van der Waals surface area (Å²) in [6.45, 7) is 0. The molecule has 1 aromatic carbocycles. The van der Waals surface area contributed by atoms with Crippen LogP contribution in [-0.2, 0) is 35.2 Å². The molecule has 0 unspecified atom stereocenters. The van der Waals surface area contributed by atoms with Crippen molar-refractivity contribution in [2.75, 3.05) is 12.0 Å². The van der Waals surface area contributed by atoms with E-state index in [9.17, 15) is 33.9 Å². The molecule has 210 valence electrons. The molecule has 9 N–H and O–H groups in total. The Labute approximate surface area is 224 Å². The smallest absolute Gasteiger partial charge is 0.326 e. The number of carbonyl (C=O) groups is 6. The maximum absolute atomic E-state index is 13.2. The number of carbonyl (C=O) groups excluding carboxylic acids is 4. The van der Waals surface area contributed by atoms with E-state index in [2.05, 4.69) is 16.0 Å². The van der Waals surface area contributed by atoms with Crippen molar-refractivity contribution in [2.45, 2.75) is 62.7 Å². The minimum absolute atomic E-state index is 0.0158. The maximum Gasteiger partial charge on any atom is 0.326 e. The highest BCUT2D eigenvalue weighted by Crippen LogP contribution is 2.08. The molecule has 13 nitrogen and oxygen atoms in total. The number of nitrogens with two attached hydrogens (primary N) is 2. The molecule has 0 heterocycles. The van der Waals surface area contributed by atoms with Crippen LogP contribution in [0.1, 0.15) is 37.7 Å². The van der Waals surface area contributed by atoms with Crippen molar-refractivity contribution in [2.24, 2.45) is 11.5 Å². The third-order valence-electron chi connectivity index (χ3n) is 5.46. The molecule has 0 aliphatic carbocycles. The van der Waals surface area contributed by atoms with Crippen LogP contribution in [0.3, 0.4) is 0 Å². The molecule has 0 aliphatic rings. The molecule has 0 saturated carbocycles. The number of nitrogens with one attached hydrogen (secondary N) is 3. The van der Waals surface area contributed by atoms with Crippen molar-refractivity contribution in [1.82, 2.24) is 16.0 Å². The summed E-state index contributed by atoms with van der Waals surface area (Å²) < 4.78 is 0. The second-order valence-electron chi connectivity index (χ2n) is 8.54. The Balaban J connectivity index is 3.08. The van der Waals surface area contributed by atoms with E-state index in [1.165, 1.54) is 11.8 Å². The summed E-state index contributed by atoms with van der Waals surface area (Å²) in [6.07, 6.45) is 1.07. The van der Waals surface area contributed by atoms with Gasteiger partial charge in [0.1, 0.15) is 18.1 Å². The molecule has 14 heteroatoms. The summed E-state index contributed by atoms with van der Waals surface area (Å²) in [4.78, 5) is 72.2. The number of carboxylic acids is 2. The van der Waals surface area contributed by atoms with E-state index >= 15 is 0 Å². The van der Waals surface area contributed by atoms with Crippen molar-refractivity contribution in [3.63, 3.8) is 0 Å². The molecular weight excluding hydrogens is 518 g/mol. The first-order valence-corrected chi connectivity index (χ1v) is 13.3. The van der Waals surface area contributed by atoms with Crippen LogP contribution < -0.4 is 27.4 Å². The molecule has 4 atom stereocenters. The number of amides is 4. The molecule has 0 saturated heterocycles. The van der Waals surface area contributed by atoms with E-state index in [1.54, 1.807) is 36.6 Å². The van der Waals surface area contributed by atoms with E-state index in [-0.39, 0.29) is 38.5 Å². The molecule has 38 heavy (non-hydrogen) atoms. The number of benzene rings is 1. The van der Waals surface area contributed by atoms with Gasteiger partial charge < -0.3 is 37.6 Å². The second kappa shape index (κ2) is 17.0. The summed E-state index contributed by atoms with van der Waals surface area (Å²) in [6, 6.07) is 3.83. The van der Waals surface area contributed by atoms with Crippen LogP contribution >= 0.6 is 11.8 Å². The van der Waals surface area contributed by atoms with Gasteiger partial charge in [0, 0.05) is 19.3 Å². The maximum atomic E-state index is 13.2. The lowest BCUT2D eigenvalue weighted by Gasteiger charge is -2.25. The first-order chi connectivity index (χ1) is 17.9. The zero-order chi connectivity index (χ0) is 28.7. The number of hydrogen-bond acceptors (Lipinski definition) is 8. The lowest BCUT2D eigenvalue weighted by Crippen LogP contribution is -2.57. The van der Waals surface area contributed by atoms with Crippen molar-refractivity contribution in [1.29, 1.82) is 0 Å².